The summed E-state index contributed by atoms with van der Waals surface area (Å²) in [5, 5.41) is 11.7. The number of nitrogens with zero attached hydrogens (tertiary/aromatic N) is 4. The normalized spacial score (nSPS) is 12.9. The van der Waals surface area contributed by atoms with Gasteiger partial charge >= 0.3 is 0 Å². The van der Waals surface area contributed by atoms with Gasteiger partial charge in [0.15, 0.2) is 17.5 Å². The molecule has 6 aromatic carbocycles. The molecule has 0 fully saturated rings. The highest BCUT2D eigenvalue weighted by atomic mass is 16.3. The average molecular weight is 617 g/mol. The third-order valence-corrected chi connectivity index (χ3v) is 9.59. The van der Waals surface area contributed by atoms with Gasteiger partial charge in [-0.2, -0.15) is 5.26 Å². The van der Waals surface area contributed by atoms with Crippen molar-refractivity contribution < 1.29 is 4.42 Å². The molecule has 1 aliphatic carbocycles. The van der Waals surface area contributed by atoms with Gasteiger partial charge in [0.25, 0.3) is 0 Å². The Bertz CT molecular complexity index is 2540. The van der Waals surface area contributed by atoms with Crippen LogP contribution in [0.15, 0.2) is 138 Å². The Morgan fingerprint density at radius 2 is 1.12 bits per heavy atom. The smallest absolute Gasteiger partial charge is 0.168 e. The Labute approximate surface area is 277 Å². The van der Waals surface area contributed by atoms with Crippen LogP contribution in [-0.4, -0.2) is 15.0 Å². The van der Waals surface area contributed by atoms with Crippen molar-refractivity contribution in [2.45, 2.75) is 19.3 Å². The second-order valence-corrected chi connectivity index (χ2v) is 12.8. The molecule has 0 radical (unpaired) electrons. The summed E-state index contributed by atoms with van der Waals surface area (Å²) in [4.78, 5) is 15.2. The van der Waals surface area contributed by atoms with Crippen LogP contribution in [-0.2, 0) is 5.41 Å². The van der Waals surface area contributed by atoms with Crippen molar-refractivity contribution in [3.63, 3.8) is 0 Å². The molecule has 5 nitrogen and oxygen atoms in total. The molecule has 226 valence electrons. The molecule has 2 aromatic heterocycles. The minimum atomic E-state index is -0.286. The quantitative estimate of drug-likeness (QED) is 0.197. The van der Waals surface area contributed by atoms with E-state index >= 15 is 0 Å². The van der Waals surface area contributed by atoms with Gasteiger partial charge in [0.05, 0.1) is 17.2 Å². The lowest BCUT2D eigenvalue weighted by Crippen LogP contribution is -2.15. The molecule has 0 spiro atoms. The molecular weight excluding hydrogens is 589 g/mol. The second kappa shape index (κ2) is 10.6. The Morgan fingerprint density at radius 1 is 0.542 bits per heavy atom. The zero-order valence-corrected chi connectivity index (χ0v) is 26.4. The van der Waals surface area contributed by atoms with Gasteiger partial charge in [-0.25, -0.2) is 15.0 Å². The first-order valence-electron chi connectivity index (χ1n) is 16.0. The van der Waals surface area contributed by atoms with Crippen molar-refractivity contribution in [2.24, 2.45) is 0 Å². The molecule has 48 heavy (non-hydrogen) atoms. The van der Waals surface area contributed by atoms with E-state index in [1.807, 2.05) is 91.0 Å². The molecule has 0 unspecified atom stereocenters. The minimum Gasteiger partial charge on any atom is -0.455 e. The van der Waals surface area contributed by atoms with Crippen molar-refractivity contribution >= 4 is 21.9 Å². The molecule has 2 heterocycles. The number of fused-ring (bicyclic) bond motifs is 6. The van der Waals surface area contributed by atoms with Crippen LogP contribution in [0.1, 0.15) is 30.5 Å². The predicted molar refractivity (Wildman–Crippen MR) is 191 cm³/mol. The van der Waals surface area contributed by atoms with Crippen LogP contribution in [0.4, 0.5) is 0 Å². The molecule has 0 N–H and O–H groups in total. The molecule has 0 amide bonds. The van der Waals surface area contributed by atoms with Gasteiger partial charge in [-0.1, -0.05) is 117 Å². The van der Waals surface area contributed by atoms with Gasteiger partial charge in [-0.15, -0.1) is 0 Å². The highest BCUT2D eigenvalue weighted by Gasteiger charge is 2.36. The lowest BCUT2D eigenvalue weighted by Gasteiger charge is -2.22. The zero-order valence-electron chi connectivity index (χ0n) is 26.4. The van der Waals surface area contributed by atoms with Crippen LogP contribution in [0.25, 0.3) is 78.4 Å². The molecule has 0 aliphatic heterocycles. The van der Waals surface area contributed by atoms with Crippen molar-refractivity contribution in [2.75, 3.05) is 0 Å². The van der Waals surface area contributed by atoms with Crippen molar-refractivity contribution in [3.8, 4) is 62.5 Å². The number of hydrogen-bond donors (Lipinski definition) is 0. The summed E-state index contributed by atoms with van der Waals surface area (Å²) < 4.78 is 6.67. The molecule has 0 saturated carbocycles. The van der Waals surface area contributed by atoms with Gasteiger partial charge < -0.3 is 4.42 Å². The van der Waals surface area contributed by atoms with Crippen molar-refractivity contribution in [3.05, 3.63) is 150 Å². The third-order valence-electron chi connectivity index (χ3n) is 9.59. The van der Waals surface area contributed by atoms with Crippen LogP contribution >= 0.6 is 0 Å². The second-order valence-electron chi connectivity index (χ2n) is 12.8. The standard InChI is InChI=1S/C43H28N4O/c1-43(2)35-23-26(25-44)17-19-31(35)32-20-18-29(24-36(32)43)30-21-22-34-33-15-9-10-16-37(33)48-39(34)38(30)42-46-40(27-11-5-3-6-12-27)45-41(47-42)28-13-7-4-8-14-28/h3-24H,1-2H3. The summed E-state index contributed by atoms with van der Waals surface area (Å²) in [6.07, 6.45) is 0. The fourth-order valence-corrected chi connectivity index (χ4v) is 7.15. The van der Waals surface area contributed by atoms with Gasteiger partial charge in [0.1, 0.15) is 11.2 Å². The van der Waals surface area contributed by atoms with E-state index in [1.165, 1.54) is 22.3 Å². The maximum absolute atomic E-state index is 9.64. The number of hydrogen-bond acceptors (Lipinski definition) is 5. The number of nitriles is 1. The first-order chi connectivity index (χ1) is 23.5. The fourth-order valence-electron chi connectivity index (χ4n) is 7.15. The van der Waals surface area contributed by atoms with E-state index in [1.54, 1.807) is 0 Å². The molecule has 1 aliphatic rings. The fraction of sp³-hybridized carbons (Fsp3) is 0.0698. The summed E-state index contributed by atoms with van der Waals surface area (Å²) in [5.74, 6) is 1.73. The maximum Gasteiger partial charge on any atom is 0.168 e. The maximum atomic E-state index is 9.64. The summed E-state index contributed by atoms with van der Waals surface area (Å²) in [6, 6.07) is 47.5. The Kier molecular flexibility index (Phi) is 6.15. The monoisotopic (exact) mass is 616 g/mol. The number of rotatable bonds is 4. The van der Waals surface area contributed by atoms with Crippen molar-refractivity contribution in [1.82, 2.24) is 15.0 Å². The Morgan fingerprint density at radius 3 is 1.81 bits per heavy atom. The van der Waals surface area contributed by atoms with Gasteiger partial charge in [0.2, 0.25) is 0 Å². The number of aromatic nitrogens is 3. The van der Waals surface area contributed by atoms with Crippen molar-refractivity contribution in [1.29, 1.82) is 5.26 Å². The van der Waals surface area contributed by atoms with E-state index < -0.39 is 0 Å². The SMILES string of the molecule is CC1(C)c2cc(C#N)ccc2-c2ccc(-c3ccc4c(oc5ccccc54)c3-c3nc(-c4ccccc4)nc(-c4ccccc4)n3)cc21. The third kappa shape index (κ3) is 4.27. The van der Waals surface area contributed by atoms with Crippen LogP contribution in [0.3, 0.4) is 0 Å². The molecule has 0 atom stereocenters. The Balaban J connectivity index is 1.33. The van der Waals surface area contributed by atoms with E-state index in [2.05, 4.69) is 62.4 Å². The minimum absolute atomic E-state index is 0.286. The van der Waals surface area contributed by atoms with E-state index in [0.717, 1.165) is 49.8 Å². The molecule has 0 saturated heterocycles. The lowest BCUT2D eigenvalue weighted by atomic mass is 9.81. The number of para-hydroxylation sites is 1. The zero-order chi connectivity index (χ0) is 32.4. The van der Waals surface area contributed by atoms with E-state index in [4.69, 9.17) is 19.4 Å². The highest BCUT2D eigenvalue weighted by Crippen LogP contribution is 2.51. The first-order valence-corrected chi connectivity index (χ1v) is 16.0. The summed E-state index contributed by atoms with van der Waals surface area (Å²) in [6.45, 7) is 4.46. The van der Waals surface area contributed by atoms with E-state index in [0.29, 0.717) is 23.0 Å². The summed E-state index contributed by atoms with van der Waals surface area (Å²) >= 11 is 0. The summed E-state index contributed by atoms with van der Waals surface area (Å²) in [5.41, 5.74) is 11.3. The van der Waals surface area contributed by atoms with Crippen LogP contribution in [0.2, 0.25) is 0 Å². The highest BCUT2D eigenvalue weighted by molar-refractivity contribution is 6.12. The molecule has 8 aromatic rings. The number of furan rings is 1. The van der Waals surface area contributed by atoms with Crippen LogP contribution in [0, 0.1) is 11.3 Å². The van der Waals surface area contributed by atoms with Gasteiger partial charge in [-0.3, -0.25) is 0 Å². The van der Waals surface area contributed by atoms with Gasteiger partial charge in [-0.05, 0) is 63.7 Å². The van der Waals surface area contributed by atoms with E-state index in [9.17, 15) is 5.26 Å². The first kappa shape index (κ1) is 27.9. The molecular formula is C43H28N4O. The molecule has 0 bridgehead atoms. The Hall–Kier alpha value is -6.38. The topological polar surface area (TPSA) is 75.6 Å². The average Bonchev–Trinajstić information content (AvgIpc) is 3.63. The summed E-state index contributed by atoms with van der Waals surface area (Å²) in [7, 11) is 0. The molecule has 5 heteroatoms. The molecule has 9 rings (SSSR count). The van der Waals surface area contributed by atoms with Crippen LogP contribution in [0.5, 0.6) is 0 Å². The van der Waals surface area contributed by atoms with Gasteiger partial charge in [0, 0.05) is 27.3 Å². The van der Waals surface area contributed by atoms with E-state index in [-0.39, 0.29) is 5.41 Å². The predicted octanol–water partition coefficient (Wildman–Crippen LogP) is 10.6. The lowest BCUT2D eigenvalue weighted by molar-refractivity contribution is 0.660. The largest absolute Gasteiger partial charge is 0.455 e. The van der Waals surface area contributed by atoms with Crippen LogP contribution < -0.4 is 0 Å². The number of benzene rings is 6.